The van der Waals surface area contributed by atoms with Crippen LogP contribution < -0.4 is 15.6 Å². The van der Waals surface area contributed by atoms with Crippen molar-refractivity contribution in [2.75, 3.05) is 19.5 Å². The van der Waals surface area contributed by atoms with E-state index in [2.05, 4.69) is 15.3 Å². The van der Waals surface area contributed by atoms with Crippen LogP contribution in [0.3, 0.4) is 0 Å². The van der Waals surface area contributed by atoms with Crippen LogP contribution in [0, 0.1) is 25.5 Å². The number of rotatable bonds is 6. The van der Waals surface area contributed by atoms with Crippen molar-refractivity contribution in [1.29, 1.82) is 0 Å². The number of halogens is 2. The molecule has 2 aromatic carbocycles. The van der Waals surface area contributed by atoms with E-state index >= 15 is 0 Å². The molecular weight excluding hydrogens is 390 g/mol. The van der Waals surface area contributed by atoms with Gasteiger partial charge in [0.1, 0.15) is 5.75 Å². The molecule has 0 saturated heterocycles. The molecule has 0 amide bonds. The lowest BCUT2D eigenvalue weighted by atomic mass is 10.1. The molecular formula is C22H22F2N4O2. The van der Waals surface area contributed by atoms with Gasteiger partial charge in [0.25, 0.3) is 5.56 Å². The quantitative estimate of drug-likeness (QED) is 0.622. The molecule has 3 rings (SSSR count). The molecule has 0 radical (unpaired) electrons. The first-order chi connectivity index (χ1) is 14.3. The van der Waals surface area contributed by atoms with Crippen molar-refractivity contribution >= 4 is 17.9 Å². The number of methoxy groups -OCH3 is 1. The zero-order valence-electron chi connectivity index (χ0n) is 17.2. The molecule has 0 aliphatic rings. The third kappa shape index (κ3) is 4.53. The number of hydrogen-bond donors (Lipinski definition) is 1. The summed E-state index contributed by atoms with van der Waals surface area (Å²) in [6.07, 6.45) is 2.99. The third-order valence-corrected chi connectivity index (χ3v) is 4.61. The van der Waals surface area contributed by atoms with Crippen molar-refractivity contribution in [2.24, 2.45) is 4.99 Å². The molecule has 0 spiro atoms. The molecule has 3 aromatic rings. The van der Waals surface area contributed by atoms with Crippen molar-refractivity contribution in [3.05, 3.63) is 80.8 Å². The van der Waals surface area contributed by atoms with Crippen LogP contribution in [0.15, 0.2) is 46.3 Å². The first-order valence-corrected chi connectivity index (χ1v) is 9.22. The lowest BCUT2D eigenvalue weighted by Gasteiger charge is -2.17. The molecule has 0 aliphatic carbocycles. The zero-order chi connectivity index (χ0) is 21.8. The number of aromatic nitrogens is 2. The monoisotopic (exact) mass is 412 g/mol. The van der Waals surface area contributed by atoms with Crippen molar-refractivity contribution in [1.82, 2.24) is 9.55 Å². The van der Waals surface area contributed by atoms with Crippen LogP contribution in [-0.2, 0) is 6.54 Å². The summed E-state index contributed by atoms with van der Waals surface area (Å²) in [6.45, 7) is 3.98. The SMILES string of the molecule is C/N=C/c1cn(Cc2ccc(F)c(F)c2)c(Nc2cc(C)c(OC)cc2C)nc1=O. The summed E-state index contributed by atoms with van der Waals surface area (Å²) in [4.78, 5) is 20.4. The van der Waals surface area contributed by atoms with Crippen LogP contribution in [0.25, 0.3) is 0 Å². The molecule has 0 aliphatic heterocycles. The van der Waals surface area contributed by atoms with Gasteiger partial charge >= 0.3 is 0 Å². The van der Waals surface area contributed by atoms with Gasteiger partial charge in [-0.05, 0) is 54.8 Å². The van der Waals surface area contributed by atoms with Gasteiger partial charge in [-0.2, -0.15) is 4.98 Å². The summed E-state index contributed by atoms with van der Waals surface area (Å²) in [5.74, 6) is -0.836. The Balaban J connectivity index is 2.06. The van der Waals surface area contributed by atoms with Gasteiger partial charge < -0.3 is 14.6 Å². The molecule has 1 heterocycles. The Kier molecular flexibility index (Phi) is 6.25. The normalized spacial score (nSPS) is 11.1. The van der Waals surface area contributed by atoms with E-state index < -0.39 is 17.2 Å². The van der Waals surface area contributed by atoms with Gasteiger partial charge in [0, 0.05) is 25.1 Å². The third-order valence-electron chi connectivity index (χ3n) is 4.61. The number of aryl methyl sites for hydroxylation is 2. The van der Waals surface area contributed by atoms with Gasteiger partial charge in [0.05, 0.1) is 19.2 Å². The average molecular weight is 412 g/mol. The topological polar surface area (TPSA) is 68.5 Å². The summed E-state index contributed by atoms with van der Waals surface area (Å²) in [5, 5.41) is 3.17. The van der Waals surface area contributed by atoms with E-state index in [9.17, 15) is 13.6 Å². The molecule has 0 fully saturated rings. The lowest BCUT2D eigenvalue weighted by molar-refractivity contribution is 0.411. The molecule has 1 aromatic heterocycles. The smallest absolute Gasteiger partial charge is 0.283 e. The first kappa shape index (κ1) is 21.2. The maximum absolute atomic E-state index is 13.7. The Hall–Kier alpha value is -3.55. The maximum atomic E-state index is 13.7. The summed E-state index contributed by atoms with van der Waals surface area (Å²) in [5.41, 5.74) is 2.90. The minimum absolute atomic E-state index is 0.172. The predicted octanol–water partition coefficient (Wildman–Crippen LogP) is 3.99. The number of nitrogens with one attached hydrogen (secondary N) is 1. The highest BCUT2D eigenvalue weighted by Gasteiger charge is 2.12. The molecule has 8 heteroatoms. The Labute approximate surface area is 172 Å². The van der Waals surface area contributed by atoms with Gasteiger partial charge in [0.15, 0.2) is 11.6 Å². The molecule has 0 saturated carbocycles. The van der Waals surface area contributed by atoms with Crippen LogP contribution in [-0.4, -0.2) is 29.9 Å². The Morgan fingerprint density at radius 1 is 1.17 bits per heavy atom. The highest BCUT2D eigenvalue weighted by Crippen LogP contribution is 2.28. The zero-order valence-corrected chi connectivity index (χ0v) is 17.2. The fourth-order valence-corrected chi connectivity index (χ4v) is 3.06. The van der Waals surface area contributed by atoms with E-state index in [1.807, 2.05) is 26.0 Å². The largest absolute Gasteiger partial charge is 0.496 e. The van der Waals surface area contributed by atoms with Gasteiger partial charge in [-0.15, -0.1) is 0 Å². The molecule has 1 N–H and O–H groups in total. The van der Waals surface area contributed by atoms with Crippen molar-refractivity contribution in [3.63, 3.8) is 0 Å². The fourth-order valence-electron chi connectivity index (χ4n) is 3.06. The van der Waals surface area contributed by atoms with Gasteiger partial charge in [-0.1, -0.05) is 6.07 Å². The fraction of sp³-hybridized carbons (Fsp3) is 0.227. The van der Waals surface area contributed by atoms with Gasteiger partial charge in [-0.3, -0.25) is 9.79 Å². The molecule has 156 valence electrons. The second-order valence-electron chi connectivity index (χ2n) is 6.85. The molecule has 30 heavy (non-hydrogen) atoms. The van der Waals surface area contributed by atoms with Gasteiger partial charge in [-0.25, -0.2) is 8.78 Å². The highest BCUT2D eigenvalue weighted by molar-refractivity contribution is 5.78. The van der Waals surface area contributed by atoms with Crippen LogP contribution >= 0.6 is 0 Å². The van der Waals surface area contributed by atoms with Crippen molar-refractivity contribution in [2.45, 2.75) is 20.4 Å². The summed E-state index contributed by atoms with van der Waals surface area (Å²) in [7, 11) is 3.15. The highest BCUT2D eigenvalue weighted by atomic mass is 19.2. The van der Waals surface area contributed by atoms with E-state index in [4.69, 9.17) is 4.74 Å². The van der Waals surface area contributed by atoms with Crippen LogP contribution in [0.2, 0.25) is 0 Å². The summed E-state index contributed by atoms with van der Waals surface area (Å²) < 4.78 is 33.9. The van der Waals surface area contributed by atoms with Crippen LogP contribution in [0.5, 0.6) is 5.75 Å². The Bertz CT molecular complexity index is 1170. The van der Waals surface area contributed by atoms with E-state index in [0.29, 0.717) is 5.56 Å². The van der Waals surface area contributed by atoms with Crippen molar-refractivity contribution in [3.8, 4) is 5.75 Å². The van der Waals surface area contributed by atoms with Gasteiger partial charge in [0.2, 0.25) is 5.95 Å². The number of nitrogens with zero attached hydrogens (tertiary/aromatic N) is 3. The first-order valence-electron chi connectivity index (χ1n) is 9.22. The molecule has 0 bridgehead atoms. The Morgan fingerprint density at radius 2 is 1.93 bits per heavy atom. The maximum Gasteiger partial charge on any atom is 0.283 e. The van der Waals surface area contributed by atoms with E-state index in [1.165, 1.54) is 12.3 Å². The van der Waals surface area contributed by atoms with E-state index in [-0.39, 0.29) is 18.1 Å². The van der Waals surface area contributed by atoms with Crippen molar-refractivity contribution < 1.29 is 13.5 Å². The lowest BCUT2D eigenvalue weighted by Crippen LogP contribution is -2.21. The number of aliphatic imine (C=N–C) groups is 1. The Morgan fingerprint density at radius 3 is 2.60 bits per heavy atom. The predicted molar refractivity (Wildman–Crippen MR) is 113 cm³/mol. The minimum atomic E-state index is -0.937. The second-order valence-corrected chi connectivity index (χ2v) is 6.85. The minimum Gasteiger partial charge on any atom is -0.496 e. The number of benzene rings is 2. The summed E-state index contributed by atoms with van der Waals surface area (Å²) in [6, 6.07) is 7.45. The second kappa shape index (κ2) is 8.86. The average Bonchev–Trinajstić information content (AvgIpc) is 2.70. The van der Waals surface area contributed by atoms with Crippen LogP contribution in [0.1, 0.15) is 22.3 Å². The molecule has 0 atom stereocenters. The van der Waals surface area contributed by atoms with Crippen LogP contribution in [0.4, 0.5) is 20.4 Å². The standard InChI is InChI=1S/C22H22F2N4O2/c1-13-8-20(30-4)14(2)7-19(13)26-22-27-21(29)16(10-25-3)12-28(22)11-15-5-6-17(23)18(24)9-15/h5-10,12H,11H2,1-4H3,(H,26,27,29)/b25-10+. The molecule has 6 nitrogen and oxygen atoms in total. The molecule has 0 unspecified atom stereocenters. The number of anilines is 2. The number of hydrogen-bond acceptors (Lipinski definition) is 5. The summed E-state index contributed by atoms with van der Waals surface area (Å²) >= 11 is 0. The number of ether oxygens (including phenoxy) is 1. The van der Waals surface area contributed by atoms with E-state index in [1.54, 1.807) is 24.9 Å². The van der Waals surface area contributed by atoms with E-state index in [0.717, 1.165) is 34.7 Å².